The molecule has 0 aliphatic carbocycles. The first-order chi connectivity index (χ1) is 12.5. The molecular weight excluding hydrogens is 423 g/mol. The van der Waals surface area contributed by atoms with Gasteiger partial charge in [-0.2, -0.15) is 9.97 Å². The third-order valence-corrected chi connectivity index (χ3v) is 6.23. The van der Waals surface area contributed by atoms with Crippen LogP contribution in [0.5, 0.6) is 6.01 Å². The molecule has 2 aromatic rings. The Labute approximate surface area is 166 Å². The minimum Gasteiger partial charge on any atom is -0.462 e. The normalized spacial score (nSPS) is 17.8. The van der Waals surface area contributed by atoms with E-state index in [2.05, 4.69) is 37.8 Å². The quantitative estimate of drug-likeness (QED) is 0.612. The summed E-state index contributed by atoms with van der Waals surface area (Å²) in [5.41, 5.74) is 0.216. The molecule has 1 aliphatic heterocycles. The number of anilines is 1. The van der Waals surface area contributed by atoms with E-state index in [1.807, 2.05) is 18.7 Å². The van der Waals surface area contributed by atoms with Crippen molar-refractivity contribution in [2.45, 2.75) is 32.7 Å². The number of likely N-dealkylation sites (N-methyl/N-ethyl adjacent to an activating group) is 1. The lowest BCUT2D eigenvalue weighted by molar-refractivity contribution is 0.188. The predicted molar refractivity (Wildman–Crippen MR) is 107 cm³/mol. The summed E-state index contributed by atoms with van der Waals surface area (Å²) in [7, 11) is 2.09. The van der Waals surface area contributed by atoms with Gasteiger partial charge in [0.25, 0.3) is 0 Å². The van der Waals surface area contributed by atoms with Crippen LogP contribution in [0.15, 0.2) is 10.5 Å². The lowest BCUT2D eigenvalue weighted by Crippen LogP contribution is -2.31. The molecule has 1 fully saturated rings. The SMILES string of the molecule is CCN(CC)c1nc(OC[C@@H]2CCCN2C)nc2c(F)c(Br)c(Cl)cc12. The van der Waals surface area contributed by atoms with Crippen molar-refractivity contribution < 1.29 is 9.13 Å². The second kappa shape index (κ2) is 8.23. The number of benzene rings is 1. The summed E-state index contributed by atoms with van der Waals surface area (Å²) in [5, 5.41) is 0.887. The highest BCUT2D eigenvalue weighted by Crippen LogP contribution is 2.36. The summed E-state index contributed by atoms with van der Waals surface area (Å²) in [6.07, 6.45) is 2.25. The Kier molecular flexibility index (Phi) is 6.20. The molecule has 1 saturated heterocycles. The van der Waals surface area contributed by atoms with Gasteiger partial charge in [-0.25, -0.2) is 4.39 Å². The van der Waals surface area contributed by atoms with E-state index in [4.69, 9.17) is 16.3 Å². The van der Waals surface area contributed by atoms with Gasteiger partial charge in [0.2, 0.25) is 0 Å². The van der Waals surface area contributed by atoms with Gasteiger partial charge in [0, 0.05) is 24.5 Å². The number of nitrogens with zero attached hydrogens (tertiary/aromatic N) is 4. The van der Waals surface area contributed by atoms with Crippen LogP contribution < -0.4 is 9.64 Å². The first-order valence-electron chi connectivity index (χ1n) is 8.89. The van der Waals surface area contributed by atoms with E-state index in [0.717, 1.165) is 32.5 Å². The van der Waals surface area contributed by atoms with Gasteiger partial charge in [-0.1, -0.05) is 11.6 Å². The molecule has 0 amide bonds. The Morgan fingerprint density at radius 2 is 2.12 bits per heavy atom. The van der Waals surface area contributed by atoms with Crippen LogP contribution in [0, 0.1) is 5.82 Å². The highest BCUT2D eigenvalue weighted by atomic mass is 79.9. The number of hydrogen-bond acceptors (Lipinski definition) is 5. The number of rotatable bonds is 6. The molecule has 1 aromatic carbocycles. The van der Waals surface area contributed by atoms with Crippen molar-refractivity contribution >= 4 is 44.3 Å². The van der Waals surface area contributed by atoms with Crippen molar-refractivity contribution in [2.24, 2.45) is 0 Å². The van der Waals surface area contributed by atoms with E-state index in [1.165, 1.54) is 0 Å². The molecule has 2 heterocycles. The number of hydrogen-bond donors (Lipinski definition) is 0. The van der Waals surface area contributed by atoms with Gasteiger partial charge in [0.1, 0.15) is 17.9 Å². The molecule has 26 heavy (non-hydrogen) atoms. The molecule has 1 aromatic heterocycles. The van der Waals surface area contributed by atoms with Crippen LogP contribution in [0.4, 0.5) is 10.2 Å². The smallest absolute Gasteiger partial charge is 0.319 e. The largest absolute Gasteiger partial charge is 0.462 e. The lowest BCUT2D eigenvalue weighted by atomic mass is 10.2. The number of halogens is 3. The van der Waals surface area contributed by atoms with Gasteiger partial charge in [-0.3, -0.25) is 0 Å². The summed E-state index contributed by atoms with van der Waals surface area (Å²) in [4.78, 5) is 13.2. The van der Waals surface area contributed by atoms with Crippen LogP contribution in [-0.2, 0) is 0 Å². The highest BCUT2D eigenvalue weighted by molar-refractivity contribution is 9.10. The summed E-state index contributed by atoms with van der Waals surface area (Å²) in [6.45, 7) is 7.10. The van der Waals surface area contributed by atoms with Crippen LogP contribution in [0.2, 0.25) is 5.02 Å². The van der Waals surface area contributed by atoms with Crippen LogP contribution in [-0.4, -0.2) is 54.2 Å². The Bertz CT molecular complexity index is 803. The number of aromatic nitrogens is 2. The van der Waals surface area contributed by atoms with E-state index in [0.29, 0.717) is 28.9 Å². The lowest BCUT2D eigenvalue weighted by Gasteiger charge is -2.23. The molecule has 8 heteroatoms. The number of ether oxygens (including phenoxy) is 1. The minimum absolute atomic E-state index is 0.202. The maximum Gasteiger partial charge on any atom is 0.319 e. The second-order valence-electron chi connectivity index (χ2n) is 6.47. The third kappa shape index (κ3) is 3.75. The van der Waals surface area contributed by atoms with Crippen molar-refractivity contribution in [2.75, 3.05) is 38.2 Å². The molecule has 0 radical (unpaired) electrons. The Hall–Kier alpha value is -1.18. The molecule has 0 saturated carbocycles. The van der Waals surface area contributed by atoms with E-state index in [9.17, 15) is 4.39 Å². The van der Waals surface area contributed by atoms with E-state index in [1.54, 1.807) is 6.07 Å². The summed E-state index contributed by atoms with van der Waals surface area (Å²) >= 11 is 9.35. The zero-order valence-electron chi connectivity index (χ0n) is 15.2. The molecule has 142 valence electrons. The zero-order valence-corrected chi connectivity index (χ0v) is 17.6. The zero-order chi connectivity index (χ0) is 18.8. The maximum absolute atomic E-state index is 14.8. The summed E-state index contributed by atoms with van der Waals surface area (Å²) < 4.78 is 20.9. The predicted octanol–water partition coefficient (Wildman–Crippen LogP) is 4.50. The average Bonchev–Trinajstić information content (AvgIpc) is 3.04. The third-order valence-electron chi connectivity index (χ3n) is 4.93. The molecule has 0 N–H and O–H groups in total. The molecule has 3 rings (SSSR count). The van der Waals surface area contributed by atoms with Gasteiger partial charge in [0.05, 0.1) is 9.50 Å². The van der Waals surface area contributed by atoms with Gasteiger partial charge in [0.15, 0.2) is 5.82 Å². The Balaban J connectivity index is 2.03. The molecule has 0 bridgehead atoms. The molecule has 0 unspecified atom stereocenters. The first kappa shape index (κ1) is 19.6. The summed E-state index contributed by atoms with van der Waals surface area (Å²) in [5.74, 6) is 0.147. The topological polar surface area (TPSA) is 41.5 Å². The fraction of sp³-hybridized carbons (Fsp3) is 0.556. The van der Waals surface area contributed by atoms with E-state index >= 15 is 0 Å². The van der Waals surface area contributed by atoms with Gasteiger partial charge >= 0.3 is 6.01 Å². The fourth-order valence-corrected chi connectivity index (χ4v) is 3.82. The van der Waals surface area contributed by atoms with Crippen LogP contribution in [0.3, 0.4) is 0 Å². The highest BCUT2D eigenvalue weighted by Gasteiger charge is 2.23. The van der Waals surface area contributed by atoms with Crippen molar-refractivity contribution in [3.05, 3.63) is 21.4 Å². The number of fused-ring (bicyclic) bond motifs is 1. The molecule has 5 nitrogen and oxygen atoms in total. The Morgan fingerprint density at radius 3 is 2.73 bits per heavy atom. The van der Waals surface area contributed by atoms with Crippen molar-refractivity contribution in [3.8, 4) is 6.01 Å². The summed E-state index contributed by atoms with van der Waals surface area (Å²) in [6, 6.07) is 2.24. The second-order valence-corrected chi connectivity index (χ2v) is 7.67. The van der Waals surface area contributed by atoms with E-state index in [-0.39, 0.29) is 16.0 Å². The van der Waals surface area contributed by atoms with Gasteiger partial charge in [-0.05, 0) is 62.3 Å². The molecular formula is C18H23BrClFN4O. The van der Waals surface area contributed by atoms with Crippen LogP contribution in [0.1, 0.15) is 26.7 Å². The number of likely N-dealkylation sites (tertiary alicyclic amines) is 1. The average molecular weight is 446 g/mol. The minimum atomic E-state index is -0.494. The van der Waals surface area contributed by atoms with E-state index < -0.39 is 5.82 Å². The molecule has 1 aliphatic rings. The van der Waals surface area contributed by atoms with Crippen molar-refractivity contribution in [3.63, 3.8) is 0 Å². The van der Waals surface area contributed by atoms with Crippen LogP contribution in [0.25, 0.3) is 10.9 Å². The van der Waals surface area contributed by atoms with Gasteiger partial charge < -0.3 is 14.5 Å². The maximum atomic E-state index is 14.8. The van der Waals surface area contributed by atoms with Gasteiger partial charge in [-0.15, -0.1) is 0 Å². The van der Waals surface area contributed by atoms with Crippen molar-refractivity contribution in [1.82, 2.24) is 14.9 Å². The Morgan fingerprint density at radius 1 is 1.38 bits per heavy atom. The van der Waals surface area contributed by atoms with Crippen LogP contribution >= 0.6 is 27.5 Å². The molecule has 1 atom stereocenters. The first-order valence-corrected chi connectivity index (χ1v) is 10.1. The monoisotopic (exact) mass is 444 g/mol. The molecule has 0 spiro atoms. The van der Waals surface area contributed by atoms with Crippen molar-refractivity contribution in [1.29, 1.82) is 0 Å². The fourth-order valence-electron chi connectivity index (χ4n) is 3.33. The standard InChI is InChI=1S/C18H23BrClFN4O/c1-4-25(5-2)17-12-9-13(20)14(19)15(21)16(12)22-18(23-17)26-10-11-7-6-8-24(11)3/h9,11H,4-8,10H2,1-3H3/t11-/m0/s1.